The molecule has 0 bridgehead atoms. The summed E-state index contributed by atoms with van der Waals surface area (Å²) < 4.78 is 26.1. The Kier molecular flexibility index (Phi) is 3.21. The van der Waals surface area contributed by atoms with Gasteiger partial charge in [0.15, 0.2) is 0 Å². The Hall–Kier alpha value is -0.970. The summed E-state index contributed by atoms with van der Waals surface area (Å²) in [5.41, 5.74) is 0.284. The minimum Gasteiger partial charge on any atom is -0.477 e. The van der Waals surface area contributed by atoms with Crippen molar-refractivity contribution in [2.24, 2.45) is 0 Å². The normalized spacial score (nSPS) is 11.4. The molecule has 14 heavy (non-hydrogen) atoms. The fraction of sp³-hybridized carbons (Fsp3) is 0.222. The van der Waals surface area contributed by atoms with E-state index in [1.165, 1.54) is 12.1 Å². The zero-order valence-electron chi connectivity index (χ0n) is 7.01. The number of aliphatic carboxylic acids is 1. The number of alkyl halides is 2. The Balaban J connectivity index is 2.83. The van der Waals surface area contributed by atoms with Crippen molar-refractivity contribution < 1.29 is 18.7 Å². The lowest BCUT2D eigenvalue weighted by molar-refractivity contribution is -0.164. The second kappa shape index (κ2) is 4.04. The first-order valence-electron chi connectivity index (χ1n) is 3.77. The van der Waals surface area contributed by atoms with Crippen molar-refractivity contribution in [3.63, 3.8) is 0 Å². The van der Waals surface area contributed by atoms with Crippen molar-refractivity contribution in [3.05, 3.63) is 34.3 Å². The molecule has 0 spiro atoms. The van der Waals surface area contributed by atoms with Crippen LogP contribution in [0.4, 0.5) is 8.78 Å². The maximum Gasteiger partial charge on any atom is 0.374 e. The van der Waals surface area contributed by atoms with E-state index in [2.05, 4.69) is 15.9 Å². The van der Waals surface area contributed by atoms with Gasteiger partial charge < -0.3 is 5.11 Å². The molecule has 0 atom stereocenters. The van der Waals surface area contributed by atoms with Crippen molar-refractivity contribution in [2.75, 3.05) is 0 Å². The predicted molar refractivity (Wildman–Crippen MR) is 50.4 cm³/mol. The molecule has 1 aromatic rings. The smallest absolute Gasteiger partial charge is 0.374 e. The first-order chi connectivity index (χ1) is 6.42. The molecule has 0 aliphatic heterocycles. The summed E-state index contributed by atoms with van der Waals surface area (Å²) in [4.78, 5) is 10.1. The van der Waals surface area contributed by atoms with Crippen LogP contribution in [-0.2, 0) is 11.2 Å². The third-order valence-corrected chi connectivity index (χ3v) is 2.12. The van der Waals surface area contributed by atoms with E-state index in [9.17, 15) is 13.6 Å². The van der Waals surface area contributed by atoms with E-state index >= 15 is 0 Å². The highest BCUT2D eigenvalue weighted by Gasteiger charge is 2.38. The van der Waals surface area contributed by atoms with E-state index in [0.29, 0.717) is 4.47 Å². The minimum absolute atomic E-state index is 0.284. The molecule has 1 aromatic carbocycles. The van der Waals surface area contributed by atoms with E-state index in [0.717, 1.165) is 0 Å². The van der Waals surface area contributed by atoms with Gasteiger partial charge in [0.25, 0.3) is 0 Å². The van der Waals surface area contributed by atoms with Crippen molar-refractivity contribution in [3.8, 4) is 0 Å². The molecule has 76 valence electrons. The monoisotopic (exact) mass is 264 g/mol. The highest BCUT2D eigenvalue weighted by molar-refractivity contribution is 9.10. The van der Waals surface area contributed by atoms with Gasteiger partial charge in [0.1, 0.15) is 0 Å². The number of halogens is 3. The van der Waals surface area contributed by atoms with Crippen LogP contribution in [0.3, 0.4) is 0 Å². The molecule has 0 saturated heterocycles. The van der Waals surface area contributed by atoms with Gasteiger partial charge in [-0.3, -0.25) is 0 Å². The van der Waals surface area contributed by atoms with Gasteiger partial charge in [0.05, 0.1) is 0 Å². The topological polar surface area (TPSA) is 37.3 Å². The molecule has 0 aliphatic rings. The molecule has 0 unspecified atom stereocenters. The summed E-state index contributed by atoms with van der Waals surface area (Å²) in [5.74, 6) is -5.81. The average molecular weight is 265 g/mol. The molecule has 0 radical (unpaired) electrons. The number of benzene rings is 1. The summed E-state index contributed by atoms with van der Waals surface area (Å²) in [5, 5.41) is 8.21. The molecule has 0 fully saturated rings. The fourth-order valence-corrected chi connectivity index (χ4v) is 1.43. The lowest BCUT2D eigenvalue weighted by Crippen LogP contribution is -2.30. The van der Waals surface area contributed by atoms with Crippen LogP contribution in [0, 0.1) is 0 Å². The molecule has 1 rings (SSSR count). The van der Waals surface area contributed by atoms with Gasteiger partial charge in [-0.1, -0.05) is 28.1 Å². The Morgan fingerprint density at radius 2 is 2.14 bits per heavy atom. The quantitative estimate of drug-likeness (QED) is 0.912. The summed E-state index contributed by atoms with van der Waals surface area (Å²) in [6, 6.07) is 6.19. The number of carboxylic acid groups (broad SMARTS) is 1. The molecular weight excluding hydrogens is 258 g/mol. The van der Waals surface area contributed by atoms with Crippen LogP contribution in [0.25, 0.3) is 0 Å². The van der Waals surface area contributed by atoms with Crippen molar-refractivity contribution in [1.29, 1.82) is 0 Å². The number of hydrogen-bond donors (Lipinski definition) is 1. The molecule has 0 aromatic heterocycles. The maximum absolute atomic E-state index is 12.7. The number of hydrogen-bond acceptors (Lipinski definition) is 1. The lowest BCUT2D eigenvalue weighted by Gasteiger charge is -2.10. The Bertz CT molecular complexity index is 352. The largest absolute Gasteiger partial charge is 0.477 e. The van der Waals surface area contributed by atoms with Crippen LogP contribution in [0.1, 0.15) is 5.56 Å². The van der Waals surface area contributed by atoms with Gasteiger partial charge in [0.2, 0.25) is 0 Å². The van der Waals surface area contributed by atoms with Crippen LogP contribution in [0.5, 0.6) is 0 Å². The van der Waals surface area contributed by atoms with Crippen LogP contribution >= 0.6 is 15.9 Å². The Labute approximate surface area is 87.7 Å². The van der Waals surface area contributed by atoms with Gasteiger partial charge in [0, 0.05) is 10.9 Å². The van der Waals surface area contributed by atoms with Crippen molar-refractivity contribution in [2.45, 2.75) is 12.3 Å². The van der Waals surface area contributed by atoms with E-state index in [-0.39, 0.29) is 5.56 Å². The summed E-state index contributed by atoms with van der Waals surface area (Å²) in [6.45, 7) is 0. The van der Waals surface area contributed by atoms with Crippen LogP contribution in [0.15, 0.2) is 28.7 Å². The predicted octanol–water partition coefficient (Wildman–Crippen LogP) is 2.71. The average Bonchev–Trinajstić information content (AvgIpc) is 2.02. The van der Waals surface area contributed by atoms with Crippen molar-refractivity contribution in [1.82, 2.24) is 0 Å². The lowest BCUT2D eigenvalue weighted by atomic mass is 10.1. The van der Waals surface area contributed by atoms with Crippen molar-refractivity contribution >= 4 is 21.9 Å². The number of carboxylic acids is 1. The van der Waals surface area contributed by atoms with Crippen LogP contribution in [0.2, 0.25) is 0 Å². The highest BCUT2D eigenvalue weighted by atomic mass is 79.9. The van der Waals surface area contributed by atoms with E-state index in [4.69, 9.17) is 5.11 Å². The zero-order chi connectivity index (χ0) is 10.8. The van der Waals surface area contributed by atoms with E-state index in [1.807, 2.05) is 0 Å². The summed E-state index contributed by atoms with van der Waals surface area (Å²) >= 11 is 3.11. The minimum atomic E-state index is -3.71. The molecule has 2 nitrogen and oxygen atoms in total. The Morgan fingerprint density at radius 3 is 2.64 bits per heavy atom. The molecule has 0 aliphatic carbocycles. The Morgan fingerprint density at radius 1 is 1.50 bits per heavy atom. The second-order valence-electron chi connectivity index (χ2n) is 2.82. The standard InChI is InChI=1S/C9H7BrF2O2/c10-7-3-1-2-6(4-7)5-9(11,12)8(13)14/h1-4H,5H2,(H,13,14). The molecule has 5 heteroatoms. The van der Waals surface area contributed by atoms with Crippen LogP contribution < -0.4 is 0 Å². The first-order valence-corrected chi connectivity index (χ1v) is 4.57. The maximum atomic E-state index is 12.7. The van der Waals surface area contributed by atoms with Crippen LogP contribution in [-0.4, -0.2) is 17.0 Å². The molecule has 1 N–H and O–H groups in total. The van der Waals surface area contributed by atoms with E-state index < -0.39 is 18.3 Å². The SMILES string of the molecule is O=C(O)C(F)(F)Cc1cccc(Br)c1. The molecule has 0 heterocycles. The first kappa shape index (κ1) is 11.1. The van der Waals surface area contributed by atoms with Gasteiger partial charge in [-0.05, 0) is 17.7 Å². The summed E-state index contributed by atoms with van der Waals surface area (Å²) in [6.07, 6.45) is -0.790. The third-order valence-electron chi connectivity index (χ3n) is 1.63. The van der Waals surface area contributed by atoms with Gasteiger partial charge >= 0.3 is 11.9 Å². The van der Waals surface area contributed by atoms with Gasteiger partial charge in [-0.2, -0.15) is 8.78 Å². The number of carbonyl (C=O) groups is 1. The molecule has 0 saturated carbocycles. The molecule has 0 amide bonds. The summed E-state index contributed by atoms with van der Waals surface area (Å²) in [7, 11) is 0. The fourth-order valence-electron chi connectivity index (χ4n) is 0.979. The zero-order valence-corrected chi connectivity index (χ0v) is 8.59. The van der Waals surface area contributed by atoms with Gasteiger partial charge in [-0.25, -0.2) is 4.79 Å². The third kappa shape index (κ3) is 2.77. The highest BCUT2D eigenvalue weighted by Crippen LogP contribution is 2.22. The van der Waals surface area contributed by atoms with Gasteiger partial charge in [-0.15, -0.1) is 0 Å². The molecular formula is C9H7BrF2O2. The number of rotatable bonds is 3. The second-order valence-corrected chi connectivity index (χ2v) is 3.73. The van der Waals surface area contributed by atoms with E-state index in [1.54, 1.807) is 12.1 Å².